The Labute approximate surface area is 161 Å². The molecule has 0 radical (unpaired) electrons. The Morgan fingerprint density at radius 2 is 2.07 bits per heavy atom. The van der Waals surface area contributed by atoms with Crippen molar-refractivity contribution < 1.29 is 9.53 Å². The van der Waals surface area contributed by atoms with Gasteiger partial charge in [-0.1, -0.05) is 19.3 Å². The third-order valence-electron chi connectivity index (χ3n) is 5.52. The zero-order valence-corrected chi connectivity index (χ0v) is 16.6. The number of anilines is 3. The van der Waals surface area contributed by atoms with Gasteiger partial charge in [-0.05, 0) is 32.6 Å². The van der Waals surface area contributed by atoms with Crippen molar-refractivity contribution in [1.82, 2.24) is 14.9 Å². The number of ether oxygens (including phenoxy) is 1. The van der Waals surface area contributed by atoms with Crippen LogP contribution in [-0.4, -0.2) is 59.2 Å². The molecule has 1 saturated carbocycles. The van der Waals surface area contributed by atoms with Gasteiger partial charge < -0.3 is 26.0 Å². The van der Waals surface area contributed by atoms with Crippen molar-refractivity contribution in [2.24, 2.45) is 0 Å². The number of nitrogens with two attached hydrogens (primary N) is 1. The van der Waals surface area contributed by atoms with Gasteiger partial charge in [0.1, 0.15) is 5.54 Å². The molecule has 1 saturated heterocycles. The maximum Gasteiger partial charge on any atom is 0.247 e. The van der Waals surface area contributed by atoms with Crippen molar-refractivity contribution in [3.8, 4) is 0 Å². The fourth-order valence-corrected chi connectivity index (χ4v) is 4.07. The summed E-state index contributed by atoms with van der Waals surface area (Å²) < 4.78 is 5.60. The SMILES string of the molecule is C[C@H]1C[C@@H](Nc2ncc(N)c(NC3(C(=O)N(C)C)CCCCC3)n2)CCO1. The lowest BCUT2D eigenvalue weighted by Crippen LogP contribution is -2.53. The van der Waals surface area contributed by atoms with Crippen LogP contribution < -0.4 is 16.4 Å². The van der Waals surface area contributed by atoms with Crippen LogP contribution in [0.2, 0.25) is 0 Å². The van der Waals surface area contributed by atoms with Gasteiger partial charge in [0.2, 0.25) is 11.9 Å². The van der Waals surface area contributed by atoms with Crippen LogP contribution in [0.3, 0.4) is 0 Å². The zero-order chi connectivity index (χ0) is 19.4. The third-order valence-corrected chi connectivity index (χ3v) is 5.52. The molecule has 0 unspecified atom stereocenters. The van der Waals surface area contributed by atoms with Crippen molar-refractivity contribution in [1.29, 1.82) is 0 Å². The number of nitrogens with one attached hydrogen (secondary N) is 2. The molecule has 4 N–H and O–H groups in total. The van der Waals surface area contributed by atoms with Gasteiger partial charge in [-0.3, -0.25) is 4.79 Å². The Morgan fingerprint density at radius 3 is 2.74 bits per heavy atom. The summed E-state index contributed by atoms with van der Waals surface area (Å²) in [5.41, 5.74) is 5.95. The van der Waals surface area contributed by atoms with E-state index in [0.29, 0.717) is 17.5 Å². The van der Waals surface area contributed by atoms with Gasteiger partial charge in [-0.2, -0.15) is 4.98 Å². The summed E-state index contributed by atoms with van der Waals surface area (Å²) >= 11 is 0. The van der Waals surface area contributed by atoms with E-state index in [9.17, 15) is 4.79 Å². The number of amides is 1. The molecule has 1 aromatic rings. The van der Waals surface area contributed by atoms with Gasteiger partial charge >= 0.3 is 0 Å². The molecule has 0 spiro atoms. The third kappa shape index (κ3) is 4.61. The van der Waals surface area contributed by atoms with Crippen LogP contribution in [-0.2, 0) is 9.53 Å². The van der Waals surface area contributed by atoms with Crippen LogP contribution in [0, 0.1) is 0 Å². The molecule has 1 aromatic heterocycles. The monoisotopic (exact) mass is 376 g/mol. The predicted octanol–water partition coefficient (Wildman–Crippen LogP) is 2.24. The lowest BCUT2D eigenvalue weighted by Gasteiger charge is -2.39. The minimum absolute atomic E-state index is 0.0768. The number of hydrogen-bond acceptors (Lipinski definition) is 7. The van der Waals surface area contributed by atoms with Crippen LogP contribution in [0.4, 0.5) is 17.5 Å². The van der Waals surface area contributed by atoms with Crippen molar-refractivity contribution in [2.75, 3.05) is 37.1 Å². The van der Waals surface area contributed by atoms with Crippen LogP contribution in [0.5, 0.6) is 0 Å². The van der Waals surface area contributed by atoms with E-state index in [1.807, 2.05) is 0 Å². The highest BCUT2D eigenvalue weighted by molar-refractivity contribution is 5.90. The van der Waals surface area contributed by atoms with Gasteiger partial charge in [-0.15, -0.1) is 0 Å². The first-order valence-electron chi connectivity index (χ1n) is 9.90. The zero-order valence-electron chi connectivity index (χ0n) is 16.6. The van der Waals surface area contributed by atoms with E-state index in [1.54, 1.807) is 25.2 Å². The molecule has 2 atom stereocenters. The number of rotatable bonds is 5. The summed E-state index contributed by atoms with van der Waals surface area (Å²) in [6.45, 7) is 2.81. The quantitative estimate of drug-likeness (QED) is 0.724. The Bertz CT molecular complexity index is 660. The normalized spacial score (nSPS) is 24.9. The Kier molecular flexibility index (Phi) is 6.04. The fourth-order valence-electron chi connectivity index (χ4n) is 4.07. The van der Waals surface area contributed by atoms with Gasteiger partial charge in [0.25, 0.3) is 0 Å². The van der Waals surface area contributed by atoms with Gasteiger partial charge in [0.05, 0.1) is 18.0 Å². The molecule has 0 bridgehead atoms. The smallest absolute Gasteiger partial charge is 0.247 e. The first kappa shape index (κ1) is 19.7. The van der Waals surface area contributed by atoms with Gasteiger partial charge in [0.15, 0.2) is 5.82 Å². The van der Waals surface area contributed by atoms with Crippen molar-refractivity contribution in [3.63, 3.8) is 0 Å². The van der Waals surface area contributed by atoms with Crippen LogP contribution >= 0.6 is 0 Å². The average Bonchev–Trinajstić information content (AvgIpc) is 2.64. The molecule has 1 aliphatic heterocycles. The largest absolute Gasteiger partial charge is 0.394 e. The van der Waals surface area contributed by atoms with Crippen LogP contribution in [0.25, 0.3) is 0 Å². The van der Waals surface area contributed by atoms with E-state index in [1.165, 1.54) is 0 Å². The lowest BCUT2D eigenvalue weighted by atomic mass is 9.80. The molecule has 1 amide bonds. The number of carbonyl (C=O) groups excluding carboxylic acids is 1. The van der Waals surface area contributed by atoms with E-state index in [2.05, 4.69) is 27.5 Å². The van der Waals surface area contributed by atoms with Crippen molar-refractivity contribution in [3.05, 3.63) is 6.20 Å². The summed E-state index contributed by atoms with van der Waals surface area (Å²) in [5.74, 6) is 1.15. The molecule has 8 nitrogen and oxygen atoms in total. The minimum atomic E-state index is -0.644. The maximum atomic E-state index is 12.9. The van der Waals surface area contributed by atoms with E-state index < -0.39 is 5.54 Å². The van der Waals surface area contributed by atoms with E-state index in [-0.39, 0.29) is 18.1 Å². The van der Waals surface area contributed by atoms with Crippen molar-refractivity contribution >= 4 is 23.4 Å². The standard InChI is InChI=1S/C19H32N6O2/c1-13-11-14(7-10-27-13)22-18-21-12-15(20)16(23-18)24-19(17(26)25(2)3)8-5-4-6-9-19/h12-14H,4-11,20H2,1-3H3,(H2,21,22,23,24)/t13-,14-/m0/s1. The number of aromatic nitrogens is 2. The summed E-state index contributed by atoms with van der Waals surface area (Å²) in [6, 6.07) is 0.275. The van der Waals surface area contributed by atoms with Crippen molar-refractivity contribution in [2.45, 2.75) is 69.6 Å². The van der Waals surface area contributed by atoms with Gasteiger partial charge in [-0.25, -0.2) is 4.98 Å². The van der Waals surface area contributed by atoms with Gasteiger partial charge in [0, 0.05) is 26.7 Å². The molecule has 2 fully saturated rings. The fraction of sp³-hybridized carbons (Fsp3) is 0.737. The van der Waals surface area contributed by atoms with Crippen LogP contribution in [0.1, 0.15) is 51.9 Å². The molecule has 0 aromatic carbocycles. The van der Waals surface area contributed by atoms with E-state index >= 15 is 0 Å². The first-order chi connectivity index (χ1) is 12.9. The minimum Gasteiger partial charge on any atom is -0.394 e. The topological polar surface area (TPSA) is 105 Å². The molecule has 3 rings (SSSR count). The highest BCUT2D eigenvalue weighted by atomic mass is 16.5. The Hall–Kier alpha value is -2.09. The second-order valence-electron chi connectivity index (χ2n) is 8.01. The van der Waals surface area contributed by atoms with E-state index in [4.69, 9.17) is 10.5 Å². The summed E-state index contributed by atoms with van der Waals surface area (Å²) in [4.78, 5) is 23.5. The molecule has 150 valence electrons. The second kappa shape index (κ2) is 8.29. The number of carbonyl (C=O) groups is 1. The highest BCUT2D eigenvalue weighted by Crippen LogP contribution is 2.34. The average molecular weight is 377 g/mol. The molecular weight excluding hydrogens is 344 g/mol. The summed E-state index contributed by atoms with van der Waals surface area (Å²) in [6.07, 6.45) is 8.43. The molecule has 2 aliphatic rings. The Balaban J connectivity index is 1.79. The maximum absolute atomic E-state index is 12.9. The number of nitrogens with zero attached hydrogens (tertiary/aromatic N) is 3. The van der Waals surface area contributed by atoms with E-state index in [0.717, 1.165) is 51.6 Å². The molecular formula is C19H32N6O2. The summed E-state index contributed by atoms with van der Waals surface area (Å²) in [7, 11) is 3.59. The van der Waals surface area contributed by atoms with Crippen LogP contribution in [0.15, 0.2) is 6.20 Å². The molecule has 27 heavy (non-hydrogen) atoms. The predicted molar refractivity (Wildman–Crippen MR) is 107 cm³/mol. The lowest BCUT2D eigenvalue weighted by molar-refractivity contribution is -0.134. The number of nitrogen functional groups attached to an aromatic ring is 1. The number of hydrogen-bond donors (Lipinski definition) is 3. The molecule has 8 heteroatoms. The molecule has 2 heterocycles. The first-order valence-corrected chi connectivity index (χ1v) is 9.90. The second-order valence-corrected chi connectivity index (χ2v) is 8.01. The Morgan fingerprint density at radius 1 is 1.33 bits per heavy atom. The summed E-state index contributed by atoms with van der Waals surface area (Å²) in [5, 5.41) is 6.79. The number of likely N-dealkylation sites (N-methyl/N-ethyl adjacent to an activating group) is 1. The molecule has 1 aliphatic carbocycles. The highest BCUT2D eigenvalue weighted by Gasteiger charge is 2.41.